The molecule has 1 aromatic carbocycles. The molecule has 1 aromatic heterocycles. The fourth-order valence-corrected chi connectivity index (χ4v) is 5.37. The van der Waals surface area contributed by atoms with Gasteiger partial charge in [0.15, 0.2) is 5.60 Å². The molecule has 2 aromatic rings. The van der Waals surface area contributed by atoms with Crippen LogP contribution in [0.1, 0.15) is 60.5 Å². The number of hydrogen-bond acceptors (Lipinski definition) is 4. The molecule has 0 radical (unpaired) electrons. The van der Waals surface area contributed by atoms with Crippen LogP contribution >= 0.6 is 0 Å². The summed E-state index contributed by atoms with van der Waals surface area (Å²) in [5.74, 6) is -0.0342. The van der Waals surface area contributed by atoms with Gasteiger partial charge in [0.1, 0.15) is 5.82 Å². The Hall–Kier alpha value is -2.61. The highest BCUT2D eigenvalue weighted by Crippen LogP contribution is 2.57. The summed E-state index contributed by atoms with van der Waals surface area (Å²) in [5, 5.41) is 10.3. The van der Waals surface area contributed by atoms with Gasteiger partial charge >= 0.3 is 6.18 Å². The van der Waals surface area contributed by atoms with Crippen molar-refractivity contribution in [3.8, 4) is 0 Å². The SMILES string of the molecule is CCC12CCC(O)(C(F)(F)F)CC1CCc1cc(C(=O)NNc3ccccn3)ccc12. The van der Waals surface area contributed by atoms with Gasteiger partial charge in [0.25, 0.3) is 5.91 Å². The largest absolute Gasteiger partial charge is 0.417 e. The van der Waals surface area contributed by atoms with Crippen molar-refractivity contribution in [3.05, 3.63) is 59.3 Å². The number of pyridine rings is 1. The molecule has 166 valence electrons. The molecule has 8 heteroatoms. The van der Waals surface area contributed by atoms with Gasteiger partial charge < -0.3 is 5.11 Å². The van der Waals surface area contributed by atoms with Gasteiger partial charge in [-0.25, -0.2) is 4.98 Å². The van der Waals surface area contributed by atoms with E-state index in [2.05, 4.69) is 15.8 Å². The number of carbonyl (C=O) groups is 1. The van der Waals surface area contributed by atoms with Crippen LogP contribution in [-0.4, -0.2) is 27.8 Å². The van der Waals surface area contributed by atoms with Gasteiger partial charge in [-0.05, 0) is 85.3 Å². The van der Waals surface area contributed by atoms with E-state index in [4.69, 9.17) is 0 Å². The molecular formula is C23H26F3N3O2. The van der Waals surface area contributed by atoms with Gasteiger partial charge in [0, 0.05) is 11.8 Å². The van der Waals surface area contributed by atoms with Crippen LogP contribution in [-0.2, 0) is 11.8 Å². The number of aryl methyl sites for hydroxylation is 1. The summed E-state index contributed by atoms with van der Waals surface area (Å²) in [6.07, 6.45) is -1.43. The molecule has 0 spiro atoms. The summed E-state index contributed by atoms with van der Waals surface area (Å²) in [7, 11) is 0. The van der Waals surface area contributed by atoms with Crippen LogP contribution in [0.15, 0.2) is 42.6 Å². The minimum absolute atomic E-state index is 0.240. The first kappa shape index (κ1) is 21.6. The number of alkyl halides is 3. The van der Waals surface area contributed by atoms with Gasteiger partial charge in [-0.3, -0.25) is 15.6 Å². The van der Waals surface area contributed by atoms with Crippen molar-refractivity contribution in [1.29, 1.82) is 0 Å². The van der Waals surface area contributed by atoms with Crippen molar-refractivity contribution in [2.75, 3.05) is 5.43 Å². The Morgan fingerprint density at radius 1 is 1.26 bits per heavy atom. The van der Waals surface area contributed by atoms with E-state index in [9.17, 15) is 23.1 Å². The Balaban J connectivity index is 1.55. The molecule has 1 amide bonds. The number of anilines is 1. The van der Waals surface area contributed by atoms with Crippen LogP contribution in [0.2, 0.25) is 0 Å². The van der Waals surface area contributed by atoms with Crippen LogP contribution in [0.4, 0.5) is 19.0 Å². The number of rotatable bonds is 4. The third-order valence-corrected chi connectivity index (χ3v) is 7.14. The number of aromatic nitrogens is 1. The lowest BCUT2D eigenvalue weighted by molar-refractivity contribution is -0.279. The van der Waals surface area contributed by atoms with Crippen molar-refractivity contribution in [3.63, 3.8) is 0 Å². The number of aliphatic hydroxyl groups is 1. The maximum atomic E-state index is 13.4. The lowest BCUT2D eigenvalue weighted by Gasteiger charge is -2.53. The second-order valence-corrected chi connectivity index (χ2v) is 8.64. The molecular weight excluding hydrogens is 407 g/mol. The quantitative estimate of drug-likeness (QED) is 0.620. The second-order valence-electron chi connectivity index (χ2n) is 8.64. The maximum Gasteiger partial charge on any atom is 0.417 e. The van der Waals surface area contributed by atoms with E-state index in [0.717, 1.165) is 11.1 Å². The first-order valence-corrected chi connectivity index (χ1v) is 10.6. The summed E-state index contributed by atoms with van der Waals surface area (Å²) in [5.41, 5.74) is 4.88. The van der Waals surface area contributed by atoms with Crippen molar-refractivity contribution < 1.29 is 23.1 Å². The minimum Gasteiger partial charge on any atom is -0.380 e. The molecule has 31 heavy (non-hydrogen) atoms. The molecule has 3 unspecified atom stereocenters. The monoisotopic (exact) mass is 433 g/mol. The Morgan fingerprint density at radius 3 is 2.74 bits per heavy atom. The first-order valence-electron chi connectivity index (χ1n) is 10.6. The maximum absolute atomic E-state index is 13.4. The molecule has 4 rings (SSSR count). The smallest absolute Gasteiger partial charge is 0.380 e. The second kappa shape index (κ2) is 7.82. The lowest BCUT2D eigenvalue weighted by Crippen LogP contribution is -2.56. The van der Waals surface area contributed by atoms with E-state index in [1.165, 1.54) is 0 Å². The Bertz CT molecular complexity index is 966. The Morgan fingerprint density at radius 2 is 2.06 bits per heavy atom. The standard InChI is InChI=1S/C23H26F3N3O2/c1-2-21-10-11-22(31,23(24,25)26)14-17(21)8-6-15-13-16(7-9-18(15)21)20(30)29-28-19-5-3-4-12-27-19/h3-5,7,9,12-13,17,31H,2,6,8,10-11,14H2,1H3,(H,27,28)(H,29,30). The number of nitrogens with zero attached hydrogens (tertiary/aromatic N) is 1. The number of hydrazine groups is 1. The third kappa shape index (κ3) is 3.78. The molecule has 1 fully saturated rings. The Labute approximate surface area is 179 Å². The highest BCUT2D eigenvalue weighted by Gasteiger charge is 2.60. The molecule has 1 heterocycles. The summed E-state index contributed by atoms with van der Waals surface area (Å²) >= 11 is 0. The molecule has 1 saturated carbocycles. The molecule has 3 atom stereocenters. The fraction of sp³-hybridized carbons (Fsp3) is 0.478. The zero-order chi connectivity index (χ0) is 22.3. The lowest BCUT2D eigenvalue weighted by atomic mass is 9.53. The molecule has 0 bridgehead atoms. The highest BCUT2D eigenvalue weighted by atomic mass is 19.4. The number of fused-ring (bicyclic) bond motifs is 3. The summed E-state index contributed by atoms with van der Waals surface area (Å²) in [6, 6.07) is 10.7. The van der Waals surface area contributed by atoms with Crippen LogP contribution < -0.4 is 10.9 Å². The van der Waals surface area contributed by atoms with E-state index in [1.807, 2.05) is 19.1 Å². The number of amides is 1. The number of halogens is 3. The number of carbonyl (C=O) groups excluding carboxylic acids is 1. The van der Waals surface area contributed by atoms with Crippen molar-refractivity contribution >= 4 is 11.7 Å². The van der Waals surface area contributed by atoms with E-state index in [1.54, 1.807) is 30.5 Å². The predicted octanol–water partition coefficient (Wildman–Crippen LogP) is 4.53. The van der Waals surface area contributed by atoms with Crippen LogP contribution in [0.3, 0.4) is 0 Å². The number of nitrogens with one attached hydrogen (secondary N) is 2. The van der Waals surface area contributed by atoms with Crippen molar-refractivity contribution in [2.24, 2.45) is 5.92 Å². The average molecular weight is 433 g/mol. The first-order chi connectivity index (χ1) is 14.7. The van der Waals surface area contributed by atoms with E-state index in [-0.39, 0.29) is 31.1 Å². The van der Waals surface area contributed by atoms with Gasteiger partial charge in [-0.1, -0.05) is 19.1 Å². The molecule has 2 aliphatic rings. The number of benzene rings is 1. The van der Waals surface area contributed by atoms with Crippen molar-refractivity contribution in [1.82, 2.24) is 10.4 Å². The topological polar surface area (TPSA) is 74.2 Å². The van der Waals surface area contributed by atoms with E-state index >= 15 is 0 Å². The van der Waals surface area contributed by atoms with Gasteiger partial charge in [0.05, 0.1) is 0 Å². The van der Waals surface area contributed by atoms with Gasteiger partial charge in [-0.15, -0.1) is 0 Å². The zero-order valence-electron chi connectivity index (χ0n) is 17.3. The minimum atomic E-state index is -4.62. The van der Waals surface area contributed by atoms with Gasteiger partial charge in [0.2, 0.25) is 0 Å². The van der Waals surface area contributed by atoms with Crippen molar-refractivity contribution in [2.45, 2.75) is 62.6 Å². The third-order valence-electron chi connectivity index (χ3n) is 7.14. The predicted molar refractivity (Wildman–Crippen MR) is 110 cm³/mol. The molecule has 0 saturated heterocycles. The average Bonchev–Trinajstić information content (AvgIpc) is 2.76. The zero-order valence-corrected chi connectivity index (χ0v) is 17.3. The highest BCUT2D eigenvalue weighted by molar-refractivity contribution is 5.95. The normalized spacial score (nSPS) is 27.7. The number of hydrogen-bond donors (Lipinski definition) is 3. The summed E-state index contributed by atoms with van der Waals surface area (Å²) in [4.78, 5) is 16.7. The van der Waals surface area contributed by atoms with Crippen LogP contribution in [0.25, 0.3) is 0 Å². The van der Waals surface area contributed by atoms with Gasteiger partial charge in [-0.2, -0.15) is 13.2 Å². The molecule has 0 aliphatic heterocycles. The fourth-order valence-electron chi connectivity index (χ4n) is 5.37. The van der Waals surface area contributed by atoms with Crippen LogP contribution in [0, 0.1) is 5.92 Å². The molecule has 3 N–H and O–H groups in total. The van der Waals surface area contributed by atoms with E-state index < -0.39 is 17.2 Å². The van der Waals surface area contributed by atoms with Crippen LogP contribution in [0.5, 0.6) is 0 Å². The molecule has 2 aliphatic carbocycles. The van der Waals surface area contributed by atoms with E-state index in [0.29, 0.717) is 30.6 Å². The molecule has 5 nitrogen and oxygen atoms in total. The Kier molecular flexibility index (Phi) is 5.45. The summed E-state index contributed by atoms with van der Waals surface area (Å²) in [6.45, 7) is 2.00. The summed E-state index contributed by atoms with van der Waals surface area (Å²) < 4.78 is 40.3.